The summed E-state index contributed by atoms with van der Waals surface area (Å²) in [6, 6.07) is 3.90. The number of pyridine rings is 1. The van der Waals surface area contributed by atoms with E-state index in [4.69, 9.17) is 10.5 Å². The smallest absolute Gasteiger partial charge is 0.239 e. The molecule has 4 heteroatoms. The Labute approximate surface area is 116 Å². The van der Waals surface area contributed by atoms with E-state index < -0.39 is 0 Å². The van der Waals surface area contributed by atoms with Gasteiger partial charge in [0.2, 0.25) is 5.88 Å². The molecule has 19 heavy (non-hydrogen) atoms. The number of ether oxygens (including phenoxy) is 1. The van der Waals surface area contributed by atoms with Gasteiger partial charge in [-0.2, -0.15) is 4.98 Å². The Hall–Kier alpha value is -1.45. The number of rotatable bonds is 3. The highest BCUT2D eigenvalue weighted by molar-refractivity contribution is 5.54. The van der Waals surface area contributed by atoms with Crippen molar-refractivity contribution >= 4 is 11.5 Å². The zero-order chi connectivity index (χ0) is 13.8. The van der Waals surface area contributed by atoms with Crippen molar-refractivity contribution < 1.29 is 4.74 Å². The molecule has 1 fully saturated rings. The van der Waals surface area contributed by atoms with Crippen molar-refractivity contribution in [2.75, 3.05) is 23.7 Å². The van der Waals surface area contributed by atoms with Gasteiger partial charge in [0.25, 0.3) is 0 Å². The van der Waals surface area contributed by atoms with Crippen LogP contribution in [-0.2, 0) is 0 Å². The lowest BCUT2D eigenvalue weighted by molar-refractivity contribution is 0.234. The standard InChI is InChI=1S/C15H25N3O/c1-11(2)19-15-13(16)6-7-14(17-15)18-9-4-5-12(3)8-10-18/h6-7,11-12H,4-5,8-10,16H2,1-3H3. The summed E-state index contributed by atoms with van der Waals surface area (Å²) in [4.78, 5) is 6.92. The van der Waals surface area contributed by atoms with Crippen LogP contribution in [-0.4, -0.2) is 24.2 Å². The molecule has 1 aromatic rings. The largest absolute Gasteiger partial charge is 0.473 e. The van der Waals surface area contributed by atoms with Crippen LogP contribution in [0.15, 0.2) is 12.1 Å². The molecule has 1 aliphatic heterocycles. The molecular weight excluding hydrogens is 238 g/mol. The Kier molecular flexibility index (Phi) is 4.51. The molecule has 0 amide bonds. The quantitative estimate of drug-likeness (QED) is 0.910. The van der Waals surface area contributed by atoms with Crippen LogP contribution in [0.25, 0.3) is 0 Å². The Morgan fingerprint density at radius 3 is 2.84 bits per heavy atom. The predicted octanol–water partition coefficient (Wildman–Crippen LogP) is 3.08. The van der Waals surface area contributed by atoms with Crippen molar-refractivity contribution in [2.45, 2.75) is 46.1 Å². The maximum Gasteiger partial charge on any atom is 0.239 e. The van der Waals surface area contributed by atoms with E-state index in [0.717, 1.165) is 24.8 Å². The summed E-state index contributed by atoms with van der Waals surface area (Å²) in [5.74, 6) is 2.36. The number of nitrogens with zero attached hydrogens (tertiary/aromatic N) is 2. The molecule has 0 spiro atoms. The fourth-order valence-corrected chi connectivity index (χ4v) is 2.43. The van der Waals surface area contributed by atoms with Gasteiger partial charge < -0.3 is 15.4 Å². The van der Waals surface area contributed by atoms with Crippen molar-refractivity contribution in [3.05, 3.63) is 12.1 Å². The zero-order valence-corrected chi connectivity index (χ0v) is 12.2. The van der Waals surface area contributed by atoms with Crippen LogP contribution in [0.2, 0.25) is 0 Å². The van der Waals surface area contributed by atoms with Crippen LogP contribution < -0.4 is 15.4 Å². The molecule has 0 saturated carbocycles. The first kappa shape index (κ1) is 14.0. The lowest BCUT2D eigenvalue weighted by Crippen LogP contribution is -2.25. The Morgan fingerprint density at radius 2 is 2.11 bits per heavy atom. The molecular formula is C15H25N3O. The minimum Gasteiger partial charge on any atom is -0.473 e. The Balaban J connectivity index is 2.15. The first-order valence-corrected chi connectivity index (χ1v) is 7.24. The highest BCUT2D eigenvalue weighted by atomic mass is 16.5. The van der Waals surface area contributed by atoms with Crippen LogP contribution >= 0.6 is 0 Å². The van der Waals surface area contributed by atoms with Gasteiger partial charge in [-0.25, -0.2) is 0 Å². The van der Waals surface area contributed by atoms with Gasteiger partial charge in [-0.15, -0.1) is 0 Å². The topological polar surface area (TPSA) is 51.4 Å². The third kappa shape index (κ3) is 3.75. The van der Waals surface area contributed by atoms with Crippen LogP contribution in [0.4, 0.5) is 11.5 Å². The molecule has 1 unspecified atom stereocenters. The fraction of sp³-hybridized carbons (Fsp3) is 0.667. The molecule has 0 radical (unpaired) electrons. The van der Waals surface area contributed by atoms with E-state index in [0.29, 0.717) is 11.6 Å². The van der Waals surface area contributed by atoms with E-state index in [9.17, 15) is 0 Å². The van der Waals surface area contributed by atoms with Crippen molar-refractivity contribution in [3.8, 4) is 5.88 Å². The van der Waals surface area contributed by atoms with Crippen LogP contribution in [0.3, 0.4) is 0 Å². The molecule has 1 aliphatic rings. The van der Waals surface area contributed by atoms with Crippen LogP contribution in [0, 0.1) is 5.92 Å². The SMILES string of the molecule is CC1CCCN(c2ccc(N)c(OC(C)C)n2)CC1. The average Bonchev–Trinajstić information content (AvgIpc) is 2.56. The second-order valence-electron chi connectivity index (χ2n) is 5.75. The summed E-state index contributed by atoms with van der Waals surface area (Å²) in [5.41, 5.74) is 6.53. The number of nitrogens with two attached hydrogens (primary N) is 1. The molecule has 1 saturated heterocycles. The summed E-state index contributed by atoms with van der Waals surface area (Å²) in [6.45, 7) is 8.44. The normalized spacial score (nSPS) is 20.4. The van der Waals surface area contributed by atoms with Crippen molar-refractivity contribution in [1.29, 1.82) is 0 Å². The van der Waals surface area contributed by atoms with Crippen molar-refractivity contribution in [3.63, 3.8) is 0 Å². The molecule has 2 N–H and O–H groups in total. The summed E-state index contributed by atoms with van der Waals surface area (Å²) in [6.07, 6.45) is 3.86. The summed E-state index contributed by atoms with van der Waals surface area (Å²) >= 11 is 0. The average molecular weight is 263 g/mol. The van der Waals surface area contributed by atoms with E-state index in [2.05, 4.69) is 16.8 Å². The third-order valence-corrected chi connectivity index (χ3v) is 3.56. The van der Waals surface area contributed by atoms with E-state index >= 15 is 0 Å². The Bertz CT molecular complexity index is 420. The van der Waals surface area contributed by atoms with Gasteiger partial charge in [-0.1, -0.05) is 6.92 Å². The van der Waals surface area contributed by atoms with Gasteiger partial charge in [0, 0.05) is 13.1 Å². The van der Waals surface area contributed by atoms with Crippen LogP contribution in [0.5, 0.6) is 5.88 Å². The molecule has 0 bridgehead atoms. The number of hydrogen-bond acceptors (Lipinski definition) is 4. The third-order valence-electron chi connectivity index (χ3n) is 3.56. The number of nitrogen functional groups attached to an aromatic ring is 1. The number of aromatic nitrogens is 1. The van der Waals surface area contributed by atoms with E-state index in [-0.39, 0.29) is 6.10 Å². The molecule has 0 aliphatic carbocycles. The predicted molar refractivity (Wildman–Crippen MR) is 79.6 cm³/mol. The second-order valence-corrected chi connectivity index (χ2v) is 5.75. The van der Waals surface area contributed by atoms with Gasteiger partial charge >= 0.3 is 0 Å². The lowest BCUT2D eigenvalue weighted by Gasteiger charge is -2.23. The second kappa shape index (κ2) is 6.13. The van der Waals surface area contributed by atoms with Gasteiger partial charge in [-0.05, 0) is 51.2 Å². The Morgan fingerprint density at radius 1 is 1.32 bits per heavy atom. The fourth-order valence-electron chi connectivity index (χ4n) is 2.43. The van der Waals surface area contributed by atoms with E-state index in [1.807, 2.05) is 26.0 Å². The van der Waals surface area contributed by atoms with E-state index in [1.54, 1.807) is 0 Å². The molecule has 2 rings (SSSR count). The van der Waals surface area contributed by atoms with Gasteiger partial charge in [-0.3, -0.25) is 0 Å². The minimum absolute atomic E-state index is 0.0919. The van der Waals surface area contributed by atoms with Crippen LogP contribution in [0.1, 0.15) is 40.0 Å². The maximum atomic E-state index is 5.91. The van der Waals surface area contributed by atoms with Crippen molar-refractivity contribution in [2.24, 2.45) is 5.92 Å². The number of hydrogen-bond donors (Lipinski definition) is 1. The summed E-state index contributed by atoms with van der Waals surface area (Å²) in [7, 11) is 0. The highest BCUT2D eigenvalue weighted by Gasteiger charge is 2.16. The first-order chi connectivity index (χ1) is 9.06. The summed E-state index contributed by atoms with van der Waals surface area (Å²) in [5, 5.41) is 0. The monoisotopic (exact) mass is 263 g/mol. The minimum atomic E-state index is 0.0919. The first-order valence-electron chi connectivity index (χ1n) is 7.24. The molecule has 0 aromatic carbocycles. The van der Waals surface area contributed by atoms with Crippen molar-refractivity contribution in [1.82, 2.24) is 4.98 Å². The molecule has 1 atom stereocenters. The van der Waals surface area contributed by atoms with Gasteiger partial charge in [0.1, 0.15) is 5.82 Å². The highest BCUT2D eigenvalue weighted by Crippen LogP contribution is 2.26. The number of anilines is 2. The molecule has 2 heterocycles. The van der Waals surface area contributed by atoms with Gasteiger partial charge in [0.15, 0.2) is 0 Å². The molecule has 4 nitrogen and oxygen atoms in total. The molecule has 1 aromatic heterocycles. The molecule has 106 valence electrons. The van der Waals surface area contributed by atoms with E-state index in [1.165, 1.54) is 19.3 Å². The lowest BCUT2D eigenvalue weighted by atomic mass is 10.0. The van der Waals surface area contributed by atoms with Gasteiger partial charge in [0.05, 0.1) is 11.8 Å². The summed E-state index contributed by atoms with van der Waals surface area (Å²) < 4.78 is 5.67. The maximum absolute atomic E-state index is 5.91. The zero-order valence-electron chi connectivity index (χ0n) is 12.2.